The van der Waals surface area contributed by atoms with Gasteiger partial charge in [0.25, 0.3) is 0 Å². The summed E-state index contributed by atoms with van der Waals surface area (Å²) >= 11 is 0. The summed E-state index contributed by atoms with van der Waals surface area (Å²) in [7, 11) is 0. The van der Waals surface area contributed by atoms with Gasteiger partial charge >= 0.3 is 6.03 Å². The monoisotopic (exact) mass is 364 g/mol. The van der Waals surface area contributed by atoms with Gasteiger partial charge in [0.1, 0.15) is 5.52 Å². The minimum atomic E-state index is -0.310. The topological polar surface area (TPSA) is 96.3 Å². The number of benzene rings is 2. The molecule has 0 unspecified atom stereocenters. The van der Waals surface area contributed by atoms with Crippen LogP contribution in [0, 0.1) is 0 Å². The highest BCUT2D eigenvalue weighted by Gasteiger charge is 2.05. The lowest BCUT2D eigenvalue weighted by atomic mass is 10.2. The molecule has 0 aliphatic carbocycles. The molecule has 3 aromatic rings. The summed E-state index contributed by atoms with van der Waals surface area (Å²) in [6.07, 6.45) is 2.87. The van der Waals surface area contributed by atoms with Crippen molar-refractivity contribution in [1.29, 1.82) is 0 Å². The number of para-hydroxylation sites is 2. The summed E-state index contributed by atoms with van der Waals surface area (Å²) in [6.45, 7) is 3.76. The molecule has 0 saturated carbocycles. The summed E-state index contributed by atoms with van der Waals surface area (Å²) in [5, 5.41) is 8.19. The van der Waals surface area contributed by atoms with E-state index in [-0.39, 0.29) is 18.0 Å². The van der Waals surface area contributed by atoms with E-state index in [0.29, 0.717) is 22.8 Å². The predicted molar refractivity (Wildman–Crippen MR) is 105 cm³/mol. The van der Waals surface area contributed by atoms with Gasteiger partial charge in [0.15, 0.2) is 5.58 Å². The number of fused-ring (bicyclic) bond motifs is 1. The van der Waals surface area contributed by atoms with Gasteiger partial charge in [-0.25, -0.2) is 9.78 Å². The highest BCUT2D eigenvalue weighted by molar-refractivity contribution is 6.02. The molecule has 0 saturated heterocycles. The molecule has 0 radical (unpaired) electrons. The van der Waals surface area contributed by atoms with Crippen LogP contribution in [0.2, 0.25) is 0 Å². The van der Waals surface area contributed by atoms with Gasteiger partial charge in [-0.15, -0.1) is 0 Å². The summed E-state index contributed by atoms with van der Waals surface area (Å²) in [4.78, 5) is 28.0. The zero-order valence-corrected chi connectivity index (χ0v) is 15.0. The van der Waals surface area contributed by atoms with Crippen molar-refractivity contribution >= 4 is 40.5 Å². The van der Waals surface area contributed by atoms with E-state index in [1.807, 2.05) is 38.1 Å². The first kappa shape index (κ1) is 18.2. The van der Waals surface area contributed by atoms with Crippen LogP contribution in [0.25, 0.3) is 17.2 Å². The second-order valence-corrected chi connectivity index (χ2v) is 6.17. The zero-order valence-electron chi connectivity index (χ0n) is 15.0. The molecule has 3 amide bonds. The molecule has 0 bridgehead atoms. The van der Waals surface area contributed by atoms with Gasteiger partial charge in [-0.05, 0) is 50.2 Å². The smallest absolute Gasteiger partial charge is 0.319 e. The highest BCUT2D eigenvalue weighted by Crippen LogP contribution is 2.16. The summed E-state index contributed by atoms with van der Waals surface area (Å²) in [5.41, 5.74) is 2.65. The molecule has 0 atom stereocenters. The van der Waals surface area contributed by atoms with Gasteiger partial charge in [0.05, 0.1) is 0 Å². The molecule has 3 N–H and O–H groups in total. The van der Waals surface area contributed by atoms with E-state index in [1.54, 1.807) is 24.3 Å². The molecule has 7 heteroatoms. The number of carbonyl (C=O) groups excluding carboxylic acids is 2. The number of hydrogen-bond donors (Lipinski definition) is 3. The van der Waals surface area contributed by atoms with Crippen LogP contribution in [0.5, 0.6) is 0 Å². The lowest BCUT2D eigenvalue weighted by Gasteiger charge is -2.10. The maximum Gasteiger partial charge on any atom is 0.319 e. The Morgan fingerprint density at radius 1 is 1.00 bits per heavy atom. The molecule has 1 aromatic heterocycles. The van der Waals surface area contributed by atoms with Crippen LogP contribution in [0.4, 0.5) is 16.2 Å². The summed E-state index contributed by atoms with van der Waals surface area (Å²) in [5.74, 6) is 0.0533. The molecule has 0 fully saturated rings. The fourth-order valence-corrected chi connectivity index (χ4v) is 2.36. The molecule has 0 aliphatic rings. The third-order valence-electron chi connectivity index (χ3n) is 3.52. The predicted octanol–water partition coefficient (Wildman–Crippen LogP) is 4.01. The third-order valence-corrected chi connectivity index (χ3v) is 3.52. The van der Waals surface area contributed by atoms with Crippen molar-refractivity contribution in [2.75, 3.05) is 10.6 Å². The summed E-state index contributed by atoms with van der Waals surface area (Å²) < 4.78 is 5.52. The van der Waals surface area contributed by atoms with E-state index in [9.17, 15) is 9.59 Å². The van der Waals surface area contributed by atoms with Crippen LogP contribution in [0.15, 0.2) is 59.0 Å². The minimum Gasteiger partial charge on any atom is -0.437 e. The molecule has 2 aromatic carbocycles. The van der Waals surface area contributed by atoms with Crippen molar-refractivity contribution in [2.24, 2.45) is 0 Å². The van der Waals surface area contributed by atoms with Crippen LogP contribution >= 0.6 is 0 Å². The van der Waals surface area contributed by atoms with Crippen molar-refractivity contribution in [3.63, 3.8) is 0 Å². The molecule has 7 nitrogen and oxygen atoms in total. The first-order valence-corrected chi connectivity index (χ1v) is 8.52. The molecule has 0 spiro atoms. The Kier molecular flexibility index (Phi) is 5.51. The molecule has 138 valence electrons. The average molecular weight is 364 g/mol. The Balaban J connectivity index is 1.56. The number of amides is 3. The highest BCUT2D eigenvalue weighted by atomic mass is 16.3. The van der Waals surface area contributed by atoms with Gasteiger partial charge in [-0.2, -0.15) is 0 Å². The molecular weight excluding hydrogens is 344 g/mol. The Bertz CT molecular complexity index is 941. The zero-order chi connectivity index (χ0) is 19.2. The number of aromatic nitrogens is 1. The van der Waals surface area contributed by atoms with Crippen LogP contribution in [0.1, 0.15) is 19.7 Å². The number of nitrogens with one attached hydrogen (secondary N) is 3. The second kappa shape index (κ2) is 8.18. The maximum atomic E-state index is 12.0. The number of oxazole rings is 1. The van der Waals surface area contributed by atoms with Gasteiger partial charge < -0.3 is 20.4 Å². The lowest BCUT2D eigenvalue weighted by Crippen LogP contribution is -2.34. The van der Waals surface area contributed by atoms with Crippen molar-refractivity contribution in [1.82, 2.24) is 10.3 Å². The van der Waals surface area contributed by atoms with E-state index in [4.69, 9.17) is 4.42 Å². The van der Waals surface area contributed by atoms with E-state index >= 15 is 0 Å². The van der Waals surface area contributed by atoms with Gasteiger partial charge in [0.2, 0.25) is 11.8 Å². The van der Waals surface area contributed by atoms with Crippen LogP contribution < -0.4 is 16.0 Å². The van der Waals surface area contributed by atoms with Crippen molar-refractivity contribution in [3.8, 4) is 0 Å². The lowest BCUT2D eigenvalue weighted by molar-refractivity contribution is -0.111. The van der Waals surface area contributed by atoms with E-state index in [1.165, 1.54) is 12.2 Å². The van der Waals surface area contributed by atoms with Crippen molar-refractivity contribution < 1.29 is 14.0 Å². The van der Waals surface area contributed by atoms with Gasteiger partial charge in [-0.3, -0.25) is 4.79 Å². The fourth-order valence-electron chi connectivity index (χ4n) is 2.36. The number of carbonyl (C=O) groups is 2. The minimum absolute atomic E-state index is 0.0524. The SMILES string of the molecule is CC(C)NC(=O)Nc1ccc(NC(=O)/C=C/c2nc3ccccc3o2)cc1. The number of hydrogen-bond acceptors (Lipinski definition) is 4. The van der Waals surface area contributed by atoms with Crippen molar-refractivity contribution in [2.45, 2.75) is 19.9 Å². The Morgan fingerprint density at radius 2 is 1.67 bits per heavy atom. The Morgan fingerprint density at radius 3 is 2.33 bits per heavy atom. The largest absolute Gasteiger partial charge is 0.437 e. The Hall–Kier alpha value is -3.61. The first-order chi connectivity index (χ1) is 13.0. The Labute approximate surface area is 156 Å². The summed E-state index contributed by atoms with van der Waals surface area (Å²) in [6, 6.07) is 14.0. The molecular formula is C20H20N4O3. The normalized spacial score (nSPS) is 11.1. The van der Waals surface area contributed by atoms with Crippen LogP contribution in [-0.4, -0.2) is 23.0 Å². The van der Waals surface area contributed by atoms with Crippen molar-refractivity contribution in [3.05, 3.63) is 60.5 Å². The number of rotatable bonds is 5. The van der Waals surface area contributed by atoms with Gasteiger partial charge in [0, 0.05) is 29.6 Å². The number of nitrogens with zero attached hydrogens (tertiary/aromatic N) is 1. The van der Waals surface area contributed by atoms with Gasteiger partial charge in [-0.1, -0.05) is 12.1 Å². The van der Waals surface area contributed by atoms with Crippen LogP contribution in [0.3, 0.4) is 0 Å². The first-order valence-electron chi connectivity index (χ1n) is 8.52. The molecule has 27 heavy (non-hydrogen) atoms. The standard InChI is InChI=1S/C20H20N4O3/c1-13(2)21-20(26)23-15-9-7-14(8-10-15)22-18(25)11-12-19-24-16-5-3-4-6-17(16)27-19/h3-13H,1-2H3,(H,22,25)(H2,21,23,26)/b12-11+. The fraction of sp³-hybridized carbons (Fsp3) is 0.150. The second-order valence-electron chi connectivity index (χ2n) is 6.17. The van der Waals surface area contributed by atoms with E-state index in [0.717, 1.165) is 5.52 Å². The number of urea groups is 1. The third kappa shape index (κ3) is 5.18. The van der Waals surface area contributed by atoms with E-state index < -0.39 is 0 Å². The van der Waals surface area contributed by atoms with E-state index in [2.05, 4.69) is 20.9 Å². The molecule has 0 aliphatic heterocycles. The average Bonchev–Trinajstić information content (AvgIpc) is 3.04. The number of anilines is 2. The molecule has 3 rings (SSSR count). The maximum absolute atomic E-state index is 12.0. The quantitative estimate of drug-likeness (QED) is 0.596. The van der Waals surface area contributed by atoms with Crippen LogP contribution in [-0.2, 0) is 4.79 Å². The molecule has 1 heterocycles.